The van der Waals surface area contributed by atoms with Crippen LogP contribution in [0.5, 0.6) is 0 Å². The molecule has 0 aliphatic carbocycles. The molecular formula is C11H22N2. The smallest absolute Gasteiger partial charge is 0.0250 e. The van der Waals surface area contributed by atoms with Gasteiger partial charge in [0, 0.05) is 18.6 Å². The van der Waals surface area contributed by atoms with E-state index in [0.717, 1.165) is 12.5 Å². The Labute approximate surface area is 81.8 Å². The summed E-state index contributed by atoms with van der Waals surface area (Å²) < 4.78 is 0. The number of nitrogens with zero attached hydrogens (tertiary/aromatic N) is 1. The Balaban J connectivity index is 2.63. The van der Waals surface area contributed by atoms with Gasteiger partial charge in [0.05, 0.1) is 0 Å². The summed E-state index contributed by atoms with van der Waals surface area (Å²) in [7, 11) is 0. The topological polar surface area (TPSA) is 29.3 Å². The minimum atomic E-state index is 0.469. The molecule has 0 saturated carbocycles. The average molecular weight is 182 g/mol. The van der Waals surface area contributed by atoms with Crippen molar-refractivity contribution in [1.82, 2.24) is 4.90 Å². The molecule has 1 saturated heterocycles. The quantitative estimate of drug-likeness (QED) is 0.672. The molecule has 2 heteroatoms. The van der Waals surface area contributed by atoms with Gasteiger partial charge >= 0.3 is 0 Å². The lowest BCUT2D eigenvalue weighted by Crippen LogP contribution is -2.51. The van der Waals surface area contributed by atoms with Gasteiger partial charge < -0.3 is 5.73 Å². The number of likely N-dealkylation sites (tertiary alicyclic amines) is 1. The van der Waals surface area contributed by atoms with Crippen LogP contribution in [0.15, 0.2) is 12.7 Å². The molecule has 2 nitrogen and oxygen atoms in total. The van der Waals surface area contributed by atoms with Crippen LogP contribution < -0.4 is 5.73 Å². The normalized spacial score (nSPS) is 32.8. The number of hydrogen-bond donors (Lipinski definition) is 1. The molecule has 1 heterocycles. The van der Waals surface area contributed by atoms with Crippen LogP contribution in [0, 0.1) is 5.92 Å². The third-order valence-electron chi connectivity index (χ3n) is 3.26. The van der Waals surface area contributed by atoms with E-state index in [1.54, 1.807) is 0 Å². The number of hydrogen-bond acceptors (Lipinski definition) is 2. The zero-order chi connectivity index (χ0) is 9.84. The van der Waals surface area contributed by atoms with E-state index in [2.05, 4.69) is 25.3 Å². The first-order chi connectivity index (χ1) is 6.20. The maximum atomic E-state index is 5.80. The minimum Gasteiger partial charge on any atom is -0.329 e. The molecule has 0 aromatic rings. The summed E-state index contributed by atoms with van der Waals surface area (Å²) in [6, 6.07) is 1.03. The summed E-state index contributed by atoms with van der Waals surface area (Å²) in [6.45, 7) is 10.3. The van der Waals surface area contributed by atoms with Crippen molar-refractivity contribution >= 4 is 0 Å². The summed E-state index contributed by atoms with van der Waals surface area (Å²) >= 11 is 0. The standard InChI is InChI=1S/C11H22N2/c1-4-10(3)13-7-5-6-9(2)11(13)8-12/h4,9-11H,1,5-8,12H2,2-3H3. The molecule has 76 valence electrons. The molecular weight excluding hydrogens is 160 g/mol. The Bertz CT molecular complexity index is 167. The minimum absolute atomic E-state index is 0.469. The molecule has 3 atom stereocenters. The lowest BCUT2D eigenvalue weighted by Gasteiger charge is -2.42. The third kappa shape index (κ3) is 2.32. The van der Waals surface area contributed by atoms with Crippen molar-refractivity contribution < 1.29 is 0 Å². The summed E-state index contributed by atoms with van der Waals surface area (Å²) in [6.07, 6.45) is 4.64. The van der Waals surface area contributed by atoms with Gasteiger partial charge in [0.2, 0.25) is 0 Å². The van der Waals surface area contributed by atoms with Crippen molar-refractivity contribution in [2.24, 2.45) is 11.7 Å². The molecule has 0 spiro atoms. The van der Waals surface area contributed by atoms with Gasteiger partial charge in [-0.2, -0.15) is 0 Å². The lowest BCUT2D eigenvalue weighted by molar-refractivity contribution is 0.0870. The van der Waals surface area contributed by atoms with Gasteiger partial charge in [0.1, 0.15) is 0 Å². The van der Waals surface area contributed by atoms with E-state index in [9.17, 15) is 0 Å². The Morgan fingerprint density at radius 1 is 1.69 bits per heavy atom. The highest BCUT2D eigenvalue weighted by Gasteiger charge is 2.29. The number of nitrogens with two attached hydrogens (primary N) is 1. The van der Waals surface area contributed by atoms with Gasteiger partial charge in [-0.3, -0.25) is 4.90 Å². The number of piperidine rings is 1. The van der Waals surface area contributed by atoms with Gasteiger partial charge in [-0.25, -0.2) is 0 Å². The molecule has 1 aliphatic rings. The zero-order valence-corrected chi connectivity index (χ0v) is 8.87. The molecule has 1 fully saturated rings. The Morgan fingerprint density at radius 2 is 2.38 bits per heavy atom. The summed E-state index contributed by atoms with van der Waals surface area (Å²) in [4.78, 5) is 2.49. The SMILES string of the molecule is C=CC(C)N1CCCC(C)C1CN. The molecule has 0 radical (unpaired) electrons. The maximum absolute atomic E-state index is 5.80. The van der Waals surface area contributed by atoms with Gasteiger partial charge in [-0.05, 0) is 32.2 Å². The summed E-state index contributed by atoms with van der Waals surface area (Å²) in [5.41, 5.74) is 5.80. The molecule has 0 amide bonds. The highest BCUT2D eigenvalue weighted by atomic mass is 15.2. The van der Waals surface area contributed by atoms with Crippen molar-refractivity contribution in [3.05, 3.63) is 12.7 Å². The summed E-state index contributed by atoms with van der Waals surface area (Å²) in [5, 5.41) is 0. The van der Waals surface area contributed by atoms with Gasteiger partial charge in [0.25, 0.3) is 0 Å². The monoisotopic (exact) mass is 182 g/mol. The molecule has 1 rings (SSSR count). The van der Waals surface area contributed by atoms with Gasteiger partial charge in [0.15, 0.2) is 0 Å². The molecule has 13 heavy (non-hydrogen) atoms. The van der Waals surface area contributed by atoms with Crippen LogP contribution >= 0.6 is 0 Å². The van der Waals surface area contributed by atoms with Crippen LogP contribution in [-0.4, -0.2) is 30.1 Å². The lowest BCUT2D eigenvalue weighted by atomic mass is 9.89. The second-order valence-corrected chi connectivity index (χ2v) is 4.14. The van der Waals surface area contributed by atoms with Gasteiger partial charge in [-0.15, -0.1) is 6.58 Å². The molecule has 1 aliphatic heterocycles. The zero-order valence-electron chi connectivity index (χ0n) is 8.87. The van der Waals surface area contributed by atoms with Crippen LogP contribution in [0.1, 0.15) is 26.7 Å². The van der Waals surface area contributed by atoms with E-state index in [4.69, 9.17) is 5.73 Å². The Kier molecular flexibility index (Phi) is 3.94. The van der Waals surface area contributed by atoms with E-state index in [0.29, 0.717) is 12.1 Å². The summed E-state index contributed by atoms with van der Waals surface area (Å²) in [5.74, 6) is 0.737. The second-order valence-electron chi connectivity index (χ2n) is 4.14. The van der Waals surface area contributed by atoms with E-state index in [1.807, 2.05) is 6.08 Å². The number of rotatable bonds is 3. The van der Waals surface area contributed by atoms with Crippen LogP contribution in [0.2, 0.25) is 0 Å². The predicted molar refractivity (Wildman–Crippen MR) is 57.6 cm³/mol. The van der Waals surface area contributed by atoms with Crippen LogP contribution in [0.3, 0.4) is 0 Å². The van der Waals surface area contributed by atoms with Crippen LogP contribution in [0.4, 0.5) is 0 Å². The highest BCUT2D eigenvalue weighted by molar-refractivity contribution is 4.92. The second kappa shape index (κ2) is 4.77. The van der Waals surface area contributed by atoms with Crippen molar-refractivity contribution in [3.63, 3.8) is 0 Å². The third-order valence-corrected chi connectivity index (χ3v) is 3.26. The fourth-order valence-corrected chi connectivity index (χ4v) is 2.29. The van der Waals surface area contributed by atoms with Gasteiger partial charge in [-0.1, -0.05) is 13.0 Å². The van der Waals surface area contributed by atoms with Crippen molar-refractivity contribution in [3.8, 4) is 0 Å². The van der Waals surface area contributed by atoms with Crippen molar-refractivity contribution in [1.29, 1.82) is 0 Å². The van der Waals surface area contributed by atoms with Crippen molar-refractivity contribution in [2.45, 2.75) is 38.8 Å². The Morgan fingerprint density at radius 3 is 2.92 bits per heavy atom. The first-order valence-electron chi connectivity index (χ1n) is 5.29. The van der Waals surface area contributed by atoms with E-state index in [1.165, 1.54) is 19.4 Å². The van der Waals surface area contributed by atoms with Crippen molar-refractivity contribution in [2.75, 3.05) is 13.1 Å². The molecule has 2 N–H and O–H groups in total. The molecule has 0 aromatic heterocycles. The fourth-order valence-electron chi connectivity index (χ4n) is 2.29. The van der Waals surface area contributed by atoms with Crippen LogP contribution in [0.25, 0.3) is 0 Å². The molecule has 3 unspecified atom stereocenters. The van der Waals surface area contributed by atoms with E-state index in [-0.39, 0.29) is 0 Å². The highest BCUT2D eigenvalue weighted by Crippen LogP contribution is 2.24. The predicted octanol–water partition coefficient (Wildman–Crippen LogP) is 1.62. The van der Waals surface area contributed by atoms with E-state index >= 15 is 0 Å². The average Bonchev–Trinajstić information content (AvgIpc) is 2.16. The molecule has 0 bridgehead atoms. The largest absolute Gasteiger partial charge is 0.329 e. The van der Waals surface area contributed by atoms with E-state index < -0.39 is 0 Å². The first kappa shape index (κ1) is 10.7. The fraction of sp³-hybridized carbons (Fsp3) is 0.818. The first-order valence-corrected chi connectivity index (χ1v) is 5.29. The van der Waals surface area contributed by atoms with Crippen LogP contribution in [-0.2, 0) is 0 Å². The Hall–Kier alpha value is -0.340. The maximum Gasteiger partial charge on any atom is 0.0250 e. The molecule has 0 aromatic carbocycles.